The maximum atomic E-state index is 6.01. The predicted octanol–water partition coefficient (Wildman–Crippen LogP) is 4.65. The molecular formula is C23H28N4OS. The van der Waals surface area contributed by atoms with E-state index < -0.39 is 0 Å². The molecule has 4 rings (SSSR count). The van der Waals surface area contributed by atoms with Crippen molar-refractivity contribution in [2.24, 2.45) is 0 Å². The van der Waals surface area contributed by atoms with Crippen LogP contribution < -0.4 is 4.74 Å². The van der Waals surface area contributed by atoms with Crippen LogP contribution in [0.5, 0.6) is 5.75 Å². The molecule has 0 radical (unpaired) electrons. The summed E-state index contributed by atoms with van der Waals surface area (Å²) in [6, 6.07) is 16.7. The molecule has 0 spiro atoms. The Bertz CT molecular complexity index is 935. The van der Waals surface area contributed by atoms with Crippen molar-refractivity contribution < 1.29 is 4.74 Å². The number of thioether (sulfide) groups is 1. The van der Waals surface area contributed by atoms with Crippen molar-refractivity contribution in [2.45, 2.75) is 38.4 Å². The van der Waals surface area contributed by atoms with E-state index in [0.717, 1.165) is 47.8 Å². The van der Waals surface area contributed by atoms with Gasteiger partial charge in [-0.3, -0.25) is 9.47 Å². The SMILES string of the molecule is Cc1ccc(C)c(OCCSc2nnc(CN3CCCC3)n2-c2ccccc2)c1. The van der Waals surface area contributed by atoms with Gasteiger partial charge >= 0.3 is 0 Å². The lowest BCUT2D eigenvalue weighted by Gasteiger charge is -2.16. The number of hydrogen-bond acceptors (Lipinski definition) is 5. The third-order valence-corrected chi connectivity index (χ3v) is 6.09. The highest BCUT2D eigenvalue weighted by Crippen LogP contribution is 2.24. The second-order valence-corrected chi connectivity index (χ2v) is 8.58. The molecule has 2 aromatic carbocycles. The lowest BCUT2D eigenvalue weighted by molar-refractivity contribution is 0.319. The van der Waals surface area contributed by atoms with Crippen LogP contribution in [0.3, 0.4) is 0 Å². The Morgan fingerprint density at radius 1 is 1.00 bits per heavy atom. The first kappa shape index (κ1) is 20.0. The molecule has 0 amide bonds. The first-order valence-corrected chi connectivity index (χ1v) is 11.2. The standard InChI is InChI=1S/C23H28N4OS/c1-18-10-11-19(2)21(16-18)28-14-15-29-23-25-24-22(17-26-12-6-7-13-26)27(23)20-8-4-3-5-9-20/h3-5,8-11,16H,6-7,12-15,17H2,1-2H3. The van der Waals surface area contributed by atoms with E-state index in [9.17, 15) is 0 Å². The number of aryl methyl sites for hydroxylation is 2. The lowest BCUT2D eigenvalue weighted by atomic mass is 10.1. The van der Waals surface area contributed by atoms with Gasteiger partial charge in [0.15, 0.2) is 11.0 Å². The monoisotopic (exact) mass is 408 g/mol. The summed E-state index contributed by atoms with van der Waals surface area (Å²) in [4.78, 5) is 2.46. The van der Waals surface area contributed by atoms with Crippen LogP contribution in [0.1, 0.15) is 29.8 Å². The van der Waals surface area contributed by atoms with Gasteiger partial charge < -0.3 is 4.74 Å². The minimum absolute atomic E-state index is 0.637. The predicted molar refractivity (Wildman–Crippen MR) is 118 cm³/mol. The van der Waals surface area contributed by atoms with Crippen molar-refractivity contribution in [3.8, 4) is 11.4 Å². The summed E-state index contributed by atoms with van der Waals surface area (Å²) in [7, 11) is 0. The van der Waals surface area contributed by atoms with Crippen LogP contribution in [-0.2, 0) is 6.54 Å². The fourth-order valence-corrected chi connectivity index (χ4v) is 4.41. The first-order valence-electron chi connectivity index (χ1n) is 10.3. The summed E-state index contributed by atoms with van der Waals surface area (Å²) in [6.45, 7) is 7.95. The fraction of sp³-hybridized carbons (Fsp3) is 0.391. The topological polar surface area (TPSA) is 43.2 Å². The molecule has 1 saturated heterocycles. The Hall–Kier alpha value is -2.31. The summed E-state index contributed by atoms with van der Waals surface area (Å²) in [5.74, 6) is 2.79. The van der Waals surface area contributed by atoms with E-state index >= 15 is 0 Å². The molecule has 29 heavy (non-hydrogen) atoms. The van der Waals surface area contributed by atoms with Crippen molar-refractivity contribution in [3.05, 3.63) is 65.5 Å². The summed E-state index contributed by atoms with van der Waals surface area (Å²) in [6.07, 6.45) is 2.55. The number of ether oxygens (including phenoxy) is 1. The van der Waals surface area contributed by atoms with Crippen molar-refractivity contribution in [1.82, 2.24) is 19.7 Å². The van der Waals surface area contributed by atoms with Crippen LogP contribution in [0.15, 0.2) is 53.7 Å². The van der Waals surface area contributed by atoms with Gasteiger partial charge in [0.1, 0.15) is 5.75 Å². The Morgan fingerprint density at radius 2 is 1.79 bits per heavy atom. The van der Waals surface area contributed by atoms with Crippen LogP contribution >= 0.6 is 11.8 Å². The smallest absolute Gasteiger partial charge is 0.195 e. The third-order valence-electron chi connectivity index (χ3n) is 5.19. The van der Waals surface area contributed by atoms with Crippen LogP contribution in [0.25, 0.3) is 5.69 Å². The van der Waals surface area contributed by atoms with Gasteiger partial charge in [-0.1, -0.05) is 42.1 Å². The van der Waals surface area contributed by atoms with Gasteiger partial charge in [-0.25, -0.2) is 0 Å². The molecule has 1 aliphatic rings. The van der Waals surface area contributed by atoms with Gasteiger partial charge in [0.2, 0.25) is 0 Å². The minimum Gasteiger partial charge on any atom is -0.492 e. The van der Waals surface area contributed by atoms with Gasteiger partial charge in [0.05, 0.1) is 13.2 Å². The molecule has 0 atom stereocenters. The van der Waals surface area contributed by atoms with Crippen molar-refractivity contribution in [2.75, 3.05) is 25.4 Å². The molecule has 0 aliphatic carbocycles. The number of likely N-dealkylation sites (tertiary alicyclic amines) is 1. The fourth-order valence-electron chi connectivity index (χ4n) is 3.62. The molecule has 0 saturated carbocycles. The molecule has 2 heterocycles. The van der Waals surface area contributed by atoms with E-state index in [0.29, 0.717) is 6.61 Å². The zero-order chi connectivity index (χ0) is 20.1. The Balaban J connectivity index is 1.45. The van der Waals surface area contributed by atoms with Gasteiger partial charge in [-0.15, -0.1) is 10.2 Å². The molecule has 6 heteroatoms. The summed E-state index contributed by atoms with van der Waals surface area (Å²) < 4.78 is 8.21. The molecule has 1 aliphatic heterocycles. The highest BCUT2D eigenvalue weighted by Gasteiger charge is 2.19. The lowest BCUT2D eigenvalue weighted by Crippen LogP contribution is -2.21. The number of nitrogens with zero attached hydrogens (tertiary/aromatic N) is 4. The van der Waals surface area contributed by atoms with Crippen LogP contribution in [0, 0.1) is 13.8 Å². The molecule has 0 unspecified atom stereocenters. The van der Waals surface area contributed by atoms with E-state index in [1.165, 1.54) is 24.0 Å². The molecule has 152 valence electrons. The Kier molecular flexibility index (Phi) is 6.52. The molecule has 0 N–H and O–H groups in total. The molecule has 1 fully saturated rings. The van der Waals surface area contributed by atoms with Gasteiger partial charge in [0, 0.05) is 11.4 Å². The second-order valence-electron chi connectivity index (χ2n) is 7.52. The highest BCUT2D eigenvalue weighted by molar-refractivity contribution is 7.99. The number of aromatic nitrogens is 3. The Labute approximate surface area is 177 Å². The first-order chi connectivity index (χ1) is 14.2. The van der Waals surface area contributed by atoms with E-state index in [2.05, 4.69) is 76.0 Å². The van der Waals surface area contributed by atoms with Crippen LogP contribution in [0.2, 0.25) is 0 Å². The Morgan fingerprint density at radius 3 is 2.59 bits per heavy atom. The normalized spacial score (nSPS) is 14.4. The minimum atomic E-state index is 0.637. The average molecular weight is 409 g/mol. The third kappa shape index (κ3) is 5.00. The molecular weight excluding hydrogens is 380 g/mol. The zero-order valence-electron chi connectivity index (χ0n) is 17.2. The number of para-hydroxylation sites is 1. The molecule has 1 aromatic heterocycles. The molecule has 0 bridgehead atoms. The summed E-state index contributed by atoms with van der Waals surface area (Å²) in [5.41, 5.74) is 3.50. The number of rotatable bonds is 8. The molecule has 5 nitrogen and oxygen atoms in total. The second kappa shape index (κ2) is 9.46. The van der Waals surface area contributed by atoms with Crippen LogP contribution in [-0.4, -0.2) is 45.1 Å². The maximum Gasteiger partial charge on any atom is 0.195 e. The zero-order valence-corrected chi connectivity index (χ0v) is 18.0. The van der Waals surface area contributed by atoms with E-state index in [1.54, 1.807) is 11.8 Å². The van der Waals surface area contributed by atoms with Crippen LogP contribution in [0.4, 0.5) is 0 Å². The highest BCUT2D eigenvalue weighted by atomic mass is 32.2. The average Bonchev–Trinajstić information content (AvgIpc) is 3.39. The van der Waals surface area contributed by atoms with Crippen molar-refractivity contribution in [3.63, 3.8) is 0 Å². The maximum absolute atomic E-state index is 6.01. The van der Waals surface area contributed by atoms with Gasteiger partial charge in [-0.2, -0.15) is 0 Å². The van der Waals surface area contributed by atoms with Crippen molar-refractivity contribution >= 4 is 11.8 Å². The van der Waals surface area contributed by atoms with E-state index in [-0.39, 0.29) is 0 Å². The quantitative estimate of drug-likeness (QED) is 0.401. The van der Waals surface area contributed by atoms with E-state index in [1.807, 2.05) is 6.07 Å². The number of benzene rings is 2. The molecule has 3 aromatic rings. The van der Waals surface area contributed by atoms with Gasteiger partial charge in [0.25, 0.3) is 0 Å². The van der Waals surface area contributed by atoms with Gasteiger partial charge in [-0.05, 0) is 69.1 Å². The van der Waals surface area contributed by atoms with E-state index in [4.69, 9.17) is 4.74 Å². The van der Waals surface area contributed by atoms with Crippen molar-refractivity contribution in [1.29, 1.82) is 0 Å². The number of hydrogen-bond donors (Lipinski definition) is 0. The summed E-state index contributed by atoms with van der Waals surface area (Å²) >= 11 is 1.70. The largest absolute Gasteiger partial charge is 0.492 e. The summed E-state index contributed by atoms with van der Waals surface area (Å²) in [5, 5.41) is 9.96.